The van der Waals surface area contributed by atoms with Crippen molar-refractivity contribution in [3.05, 3.63) is 17.7 Å². The summed E-state index contributed by atoms with van der Waals surface area (Å²) in [5, 5.41) is 20.3. The van der Waals surface area contributed by atoms with Gasteiger partial charge in [0.05, 0.1) is 6.33 Å². The van der Waals surface area contributed by atoms with Crippen molar-refractivity contribution >= 4 is 5.91 Å². The van der Waals surface area contributed by atoms with E-state index in [2.05, 4.69) is 10.3 Å². The lowest BCUT2D eigenvalue weighted by Gasteiger charge is -2.11. The zero-order chi connectivity index (χ0) is 12.8. The molecule has 0 saturated carbocycles. The van der Waals surface area contributed by atoms with Crippen molar-refractivity contribution in [2.75, 3.05) is 0 Å². The van der Waals surface area contributed by atoms with Gasteiger partial charge in [0.1, 0.15) is 18.7 Å². The molecule has 0 aliphatic rings. The number of nitriles is 2. The molecule has 0 aliphatic carbocycles. The van der Waals surface area contributed by atoms with Crippen LogP contribution in [-0.4, -0.2) is 21.5 Å². The Morgan fingerprint density at radius 1 is 1.59 bits per heavy atom. The summed E-state index contributed by atoms with van der Waals surface area (Å²) in [6, 6.07) is 3.76. The average molecular weight is 231 g/mol. The summed E-state index contributed by atoms with van der Waals surface area (Å²) in [4.78, 5) is 15.4. The number of aromatic nitrogens is 2. The van der Waals surface area contributed by atoms with Crippen LogP contribution in [0.15, 0.2) is 6.33 Å². The predicted octanol–water partition coefficient (Wildman–Crippen LogP) is 0.541. The van der Waals surface area contributed by atoms with Crippen molar-refractivity contribution < 1.29 is 4.79 Å². The van der Waals surface area contributed by atoms with E-state index in [9.17, 15) is 4.79 Å². The van der Waals surface area contributed by atoms with Gasteiger partial charge in [0.15, 0.2) is 11.4 Å². The second-order valence-electron chi connectivity index (χ2n) is 3.67. The fraction of sp³-hybridized carbons (Fsp3) is 0.455. The van der Waals surface area contributed by atoms with Crippen LogP contribution in [0, 0.1) is 22.7 Å². The fourth-order valence-electron chi connectivity index (χ4n) is 1.28. The van der Waals surface area contributed by atoms with Crippen LogP contribution in [0.3, 0.4) is 0 Å². The summed E-state index contributed by atoms with van der Waals surface area (Å²) in [6.07, 6.45) is 2.16. The summed E-state index contributed by atoms with van der Waals surface area (Å²) in [6.45, 7) is 3.87. The first kappa shape index (κ1) is 12.7. The van der Waals surface area contributed by atoms with Gasteiger partial charge in [-0.3, -0.25) is 4.79 Å². The Morgan fingerprint density at radius 3 is 2.82 bits per heavy atom. The van der Waals surface area contributed by atoms with E-state index in [0.29, 0.717) is 0 Å². The zero-order valence-electron chi connectivity index (χ0n) is 9.77. The van der Waals surface area contributed by atoms with E-state index in [1.54, 1.807) is 6.07 Å². The molecule has 1 N–H and O–H groups in total. The van der Waals surface area contributed by atoms with Crippen molar-refractivity contribution in [3.8, 4) is 12.1 Å². The number of carbonyl (C=O) groups is 1. The highest BCUT2D eigenvalue weighted by atomic mass is 16.2. The van der Waals surface area contributed by atoms with E-state index in [0.717, 1.165) is 6.42 Å². The molecule has 0 bridgehead atoms. The number of imidazole rings is 1. The molecule has 0 spiro atoms. The van der Waals surface area contributed by atoms with Gasteiger partial charge < -0.3 is 9.88 Å². The van der Waals surface area contributed by atoms with E-state index in [1.807, 2.05) is 19.9 Å². The molecule has 0 radical (unpaired) electrons. The van der Waals surface area contributed by atoms with Crippen LogP contribution >= 0.6 is 0 Å². The van der Waals surface area contributed by atoms with Gasteiger partial charge >= 0.3 is 0 Å². The van der Waals surface area contributed by atoms with Crippen LogP contribution in [0.1, 0.15) is 31.7 Å². The molecular formula is C11H13N5O. The van der Waals surface area contributed by atoms with Gasteiger partial charge in [-0.1, -0.05) is 6.92 Å². The van der Waals surface area contributed by atoms with Gasteiger partial charge in [0.2, 0.25) is 5.91 Å². The normalized spacial score (nSPS) is 11.3. The van der Waals surface area contributed by atoms with Crippen LogP contribution in [0.2, 0.25) is 0 Å². The highest BCUT2D eigenvalue weighted by molar-refractivity contribution is 5.76. The molecular weight excluding hydrogens is 218 g/mol. The maximum absolute atomic E-state index is 11.6. The molecule has 6 nitrogen and oxygen atoms in total. The van der Waals surface area contributed by atoms with Gasteiger partial charge in [-0.15, -0.1) is 0 Å². The van der Waals surface area contributed by atoms with Crippen LogP contribution in [0.5, 0.6) is 0 Å². The third-order valence-corrected chi connectivity index (χ3v) is 2.38. The summed E-state index contributed by atoms with van der Waals surface area (Å²) in [5.74, 6) is -0.197. The molecule has 17 heavy (non-hydrogen) atoms. The van der Waals surface area contributed by atoms with E-state index < -0.39 is 0 Å². The molecule has 88 valence electrons. The van der Waals surface area contributed by atoms with Gasteiger partial charge in [-0.2, -0.15) is 10.5 Å². The standard InChI is InChI=1S/C11H13N5O/c1-3-8(2)15-11(17)6-16-7-14-9(4-12)10(16)5-13/h7-8H,3,6H2,1-2H3,(H,15,17). The van der Waals surface area contributed by atoms with Crippen LogP contribution in [-0.2, 0) is 11.3 Å². The molecule has 0 aromatic carbocycles. The smallest absolute Gasteiger partial charge is 0.240 e. The quantitative estimate of drug-likeness (QED) is 0.818. The molecule has 1 rings (SSSR count). The zero-order valence-corrected chi connectivity index (χ0v) is 9.77. The van der Waals surface area contributed by atoms with Gasteiger partial charge in [-0.05, 0) is 13.3 Å². The highest BCUT2D eigenvalue weighted by Gasteiger charge is 2.13. The fourth-order valence-corrected chi connectivity index (χ4v) is 1.28. The molecule has 1 aromatic heterocycles. The Morgan fingerprint density at radius 2 is 2.29 bits per heavy atom. The Bertz CT molecular complexity index is 491. The summed E-state index contributed by atoms with van der Waals surface area (Å²) in [7, 11) is 0. The third kappa shape index (κ3) is 3.05. The molecule has 1 atom stereocenters. The highest BCUT2D eigenvalue weighted by Crippen LogP contribution is 2.04. The van der Waals surface area contributed by atoms with Crippen LogP contribution in [0.4, 0.5) is 0 Å². The topological polar surface area (TPSA) is 94.5 Å². The lowest BCUT2D eigenvalue weighted by molar-refractivity contribution is -0.122. The molecule has 0 saturated heterocycles. The van der Waals surface area contributed by atoms with E-state index >= 15 is 0 Å². The minimum atomic E-state index is -0.197. The van der Waals surface area contributed by atoms with Crippen molar-refractivity contribution in [2.45, 2.75) is 32.9 Å². The van der Waals surface area contributed by atoms with Crippen molar-refractivity contribution in [3.63, 3.8) is 0 Å². The maximum atomic E-state index is 11.6. The molecule has 1 unspecified atom stereocenters. The van der Waals surface area contributed by atoms with Crippen molar-refractivity contribution in [2.24, 2.45) is 0 Å². The molecule has 0 aliphatic heterocycles. The Hall–Kier alpha value is -2.34. The van der Waals surface area contributed by atoms with E-state index in [4.69, 9.17) is 10.5 Å². The minimum absolute atomic E-state index is 0.00190. The maximum Gasteiger partial charge on any atom is 0.240 e. The van der Waals surface area contributed by atoms with Crippen molar-refractivity contribution in [1.82, 2.24) is 14.9 Å². The molecule has 6 heteroatoms. The number of nitrogens with zero attached hydrogens (tertiary/aromatic N) is 4. The lowest BCUT2D eigenvalue weighted by Crippen LogP contribution is -2.34. The first-order valence-electron chi connectivity index (χ1n) is 5.27. The molecule has 1 heterocycles. The minimum Gasteiger partial charge on any atom is -0.352 e. The number of nitrogens with one attached hydrogen (secondary N) is 1. The monoisotopic (exact) mass is 231 g/mol. The van der Waals surface area contributed by atoms with E-state index in [-0.39, 0.29) is 29.9 Å². The number of rotatable bonds is 4. The Labute approximate surface area is 99.5 Å². The summed E-state index contributed by atoms with van der Waals surface area (Å²) < 4.78 is 1.37. The molecule has 0 fully saturated rings. The number of hydrogen-bond donors (Lipinski definition) is 1. The second kappa shape index (κ2) is 5.66. The molecule has 1 amide bonds. The third-order valence-electron chi connectivity index (χ3n) is 2.38. The summed E-state index contributed by atoms with van der Waals surface area (Å²) in [5.41, 5.74) is 0.163. The first-order valence-corrected chi connectivity index (χ1v) is 5.27. The van der Waals surface area contributed by atoms with Crippen LogP contribution in [0.25, 0.3) is 0 Å². The number of amides is 1. The van der Waals surface area contributed by atoms with Gasteiger partial charge in [-0.25, -0.2) is 4.98 Å². The van der Waals surface area contributed by atoms with Crippen LogP contribution < -0.4 is 5.32 Å². The largest absolute Gasteiger partial charge is 0.352 e. The Kier molecular flexibility index (Phi) is 4.24. The number of carbonyl (C=O) groups excluding carboxylic acids is 1. The van der Waals surface area contributed by atoms with Gasteiger partial charge in [0, 0.05) is 6.04 Å². The average Bonchev–Trinajstić information content (AvgIpc) is 2.70. The van der Waals surface area contributed by atoms with E-state index in [1.165, 1.54) is 10.9 Å². The number of hydrogen-bond acceptors (Lipinski definition) is 4. The SMILES string of the molecule is CCC(C)NC(=O)Cn1cnc(C#N)c1C#N. The van der Waals surface area contributed by atoms with Crippen molar-refractivity contribution in [1.29, 1.82) is 10.5 Å². The van der Waals surface area contributed by atoms with Gasteiger partial charge in [0.25, 0.3) is 0 Å². The second-order valence-corrected chi connectivity index (χ2v) is 3.67. The molecule has 1 aromatic rings. The predicted molar refractivity (Wildman–Crippen MR) is 59.6 cm³/mol. The Balaban J connectivity index is 2.77. The first-order chi connectivity index (χ1) is 8.12. The lowest BCUT2D eigenvalue weighted by atomic mass is 10.2. The summed E-state index contributed by atoms with van der Waals surface area (Å²) >= 11 is 0.